The van der Waals surface area contributed by atoms with Gasteiger partial charge in [0.15, 0.2) is 0 Å². The van der Waals surface area contributed by atoms with Gasteiger partial charge >= 0.3 is 0 Å². The van der Waals surface area contributed by atoms with Gasteiger partial charge in [0, 0.05) is 17.9 Å². The molecule has 4 heteroatoms. The third-order valence-electron chi connectivity index (χ3n) is 2.16. The fourth-order valence-electron chi connectivity index (χ4n) is 1.37. The van der Waals surface area contributed by atoms with Crippen molar-refractivity contribution in [2.75, 3.05) is 5.88 Å². The van der Waals surface area contributed by atoms with Crippen molar-refractivity contribution in [3.8, 4) is 11.4 Å². The molecule has 0 aliphatic rings. The first-order valence-electron chi connectivity index (χ1n) is 4.76. The molecule has 3 nitrogen and oxygen atoms in total. The standard InChI is InChI=1S/C11H11ClN2O/c1-8-4-2-3-5-9(8)11-13-10(6-7-12)15-14-11/h2-5H,6-7H2,1H3. The van der Waals surface area contributed by atoms with Gasteiger partial charge in [-0.1, -0.05) is 29.4 Å². The number of hydrogen-bond acceptors (Lipinski definition) is 3. The molecule has 0 atom stereocenters. The van der Waals surface area contributed by atoms with E-state index in [-0.39, 0.29) is 0 Å². The van der Waals surface area contributed by atoms with E-state index in [0.29, 0.717) is 24.0 Å². The van der Waals surface area contributed by atoms with Crippen LogP contribution in [0.1, 0.15) is 11.5 Å². The highest BCUT2D eigenvalue weighted by molar-refractivity contribution is 6.17. The summed E-state index contributed by atoms with van der Waals surface area (Å²) in [6, 6.07) is 7.94. The molecule has 0 N–H and O–H groups in total. The molecular formula is C11H11ClN2O. The van der Waals surface area contributed by atoms with E-state index in [1.165, 1.54) is 0 Å². The number of halogens is 1. The lowest BCUT2D eigenvalue weighted by Crippen LogP contribution is -1.87. The van der Waals surface area contributed by atoms with E-state index in [9.17, 15) is 0 Å². The SMILES string of the molecule is Cc1ccccc1-c1noc(CCCl)n1. The molecule has 0 amide bonds. The van der Waals surface area contributed by atoms with Crippen LogP contribution >= 0.6 is 11.6 Å². The number of alkyl halides is 1. The Labute approximate surface area is 93.1 Å². The van der Waals surface area contributed by atoms with Crippen molar-refractivity contribution in [1.29, 1.82) is 0 Å². The average Bonchev–Trinajstić information content (AvgIpc) is 2.68. The summed E-state index contributed by atoms with van der Waals surface area (Å²) in [6.45, 7) is 2.02. The van der Waals surface area contributed by atoms with Crippen LogP contribution in [0.3, 0.4) is 0 Å². The summed E-state index contributed by atoms with van der Waals surface area (Å²) in [5, 5.41) is 3.92. The first-order valence-corrected chi connectivity index (χ1v) is 5.29. The summed E-state index contributed by atoms with van der Waals surface area (Å²) in [6.07, 6.45) is 0.612. The Bertz CT molecular complexity index is 453. The van der Waals surface area contributed by atoms with Crippen molar-refractivity contribution < 1.29 is 4.52 Å². The first-order chi connectivity index (χ1) is 7.31. The van der Waals surface area contributed by atoms with Gasteiger partial charge in [0.05, 0.1) is 0 Å². The van der Waals surface area contributed by atoms with Crippen LogP contribution in [0.25, 0.3) is 11.4 Å². The molecule has 0 saturated carbocycles. The van der Waals surface area contributed by atoms with Gasteiger partial charge in [-0.3, -0.25) is 0 Å². The molecule has 2 aromatic rings. The van der Waals surface area contributed by atoms with Crippen LogP contribution in [0.4, 0.5) is 0 Å². The number of rotatable bonds is 3. The fraction of sp³-hybridized carbons (Fsp3) is 0.273. The molecule has 0 fully saturated rings. The minimum Gasteiger partial charge on any atom is -0.339 e. The molecule has 0 bridgehead atoms. The van der Waals surface area contributed by atoms with E-state index >= 15 is 0 Å². The molecule has 1 aromatic carbocycles. The van der Waals surface area contributed by atoms with Crippen molar-refractivity contribution in [1.82, 2.24) is 10.1 Å². The normalized spacial score (nSPS) is 10.5. The van der Waals surface area contributed by atoms with Gasteiger partial charge in [-0.25, -0.2) is 0 Å². The van der Waals surface area contributed by atoms with Gasteiger partial charge in [0.2, 0.25) is 11.7 Å². The van der Waals surface area contributed by atoms with Crippen LogP contribution in [-0.2, 0) is 6.42 Å². The number of nitrogens with zero attached hydrogens (tertiary/aromatic N) is 2. The molecule has 2 rings (SSSR count). The summed E-state index contributed by atoms with van der Waals surface area (Å²) in [5.74, 6) is 1.71. The lowest BCUT2D eigenvalue weighted by Gasteiger charge is -1.97. The summed E-state index contributed by atoms with van der Waals surface area (Å²) < 4.78 is 5.07. The van der Waals surface area contributed by atoms with Crippen LogP contribution in [0.5, 0.6) is 0 Å². The van der Waals surface area contributed by atoms with Crippen LogP contribution in [0.2, 0.25) is 0 Å². The van der Waals surface area contributed by atoms with Gasteiger partial charge in [-0.2, -0.15) is 4.98 Å². The van der Waals surface area contributed by atoms with E-state index in [1.807, 2.05) is 31.2 Å². The smallest absolute Gasteiger partial charge is 0.228 e. The molecule has 78 valence electrons. The predicted molar refractivity (Wildman–Crippen MR) is 58.9 cm³/mol. The van der Waals surface area contributed by atoms with E-state index in [0.717, 1.165) is 11.1 Å². The second kappa shape index (κ2) is 4.45. The second-order valence-corrected chi connectivity index (χ2v) is 3.64. The maximum Gasteiger partial charge on any atom is 0.228 e. The minimum atomic E-state index is 0.495. The maximum atomic E-state index is 5.59. The highest BCUT2D eigenvalue weighted by atomic mass is 35.5. The monoisotopic (exact) mass is 222 g/mol. The topological polar surface area (TPSA) is 38.9 Å². The van der Waals surface area contributed by atoms with E-state index in [2.05, 4.69) is 10.1 Å². The number of hydrogen-bond donors (Lipinski definition) is 0. The molecule has 0 saturated heterocycles. The second-order valence-electron chi connectivity index (χ2n) is 3.27. The Balaban J connectivity index is 2.33. The molecule has 1 aromatic heterocycles. The van der Waals surface area contributed by atoms with Crippen molar-refractivity contribution in [2.24, 2.45) is 0 Å². The van der Waals surface area contributed by atoms with Gasteiger partial charge < -0.3 is 4.52 Å². The third-order valence-corrected chi connectivity index (χ3v) is 2.35. The predicted octanol–water partition coefficient (Wildman–Crippen LogP) is 2.83. The van der Waals surface area contributed by atoms with Gasteiger partial charge in [-0.05, 0) is 12.5 Å². The zero-order chi connectivity index (χ0) is 10.7. The summed E-state index contributed by atoms with van der Waals surface area (Å²) in [5.41, 5.74) is 2.14. The number of aromatic nitrogens is 2. The molecule has 1 heterocycles. The molecule has 0 unspecified atom stereocenters. The minimum absolute atomic E-state index is 0.495. The van der Waals surface area contributed by atoms with Crippen LogP contribution < -0.4 is 0 Å². The third kappa shape index (κ3) is 2.18. The van der Waals surface area contributed by atoms with Crippen molar-refractivity contribution in [2.45, 2.75) is 13.3 Å². The highest BCUT2D eigenvalue weighted by Gasteiger charge is 2.09. The zero-order valence-electron chi connectivity index (χ0n) is 8.40. The molecule has 0 aliphatic carbocycles. The lowest BCUT2D eigenvalue weighted by molar-refractivity contribution is 0.383. The number of benzene rings is 1. The van der Waals surface area contributed by atoms with Crippen LogP contribution in [-0.4, -0.2) is 16.0 Å². The molecule has 0 aliphatic heterocycles. The zero-order valence-corrected chi connectivity index (χ0v) is 9.16. The molecule has 0 spiro atoms. The Kier molecular flexibility index (Phi) is 3.02. The van der Waals surface area contributed by atoms with E-state index in [4.69, 9.17) is 16.1 Å². The molecule has 0 radical (unpaired) electrons. The van der Waals surface area contributed by atoms with E-state index < -0.39 is 0 Å². The first kappa shape index (κ1) is 10.2. The summed E-state index contributed by atoms with van der Waals surface area (Å²) in [7, 11) is 0. The average molecular weight is 223 g/mol. The number of aryl methyl sites for hydroxylation is 2. The van der Waals surface area contributed by atoms with Crippen molar-refractivity contribution >= 4 is 11.6 Å². The summed E-state index contributed by atoms with van der Waals surface area (Å²) >= 11 is 5.59. The van der Waals surface area contributed by atoms with Gasteiger partial charge in [0.25, 0.3) is 0 Å². The highest BCUT2D eigenvalue weighted by Crippen LogP contribution is 2.19. The Morgan fingerprint density at radius 3 is 2.87 bits per heavy atom. The molecule has 15 heavy (non-hydrogen) atoms. The lowest BCUT2D eigenvalue weighted by atomic mass is 10.1. The summed E-state index contributed by atoms with van der Waals surface area (Å²) in [4.78, 5) is 4.27. The quantitative estimate of drug-likeness (QED) is 0.750. The fourth-order valence-corrected chi connectivity index (χ4v) is 1.53. The Morgan fingerprint density at radius 2 is 2.13 bits per heavy atom. The Hall–Kier alpha value is -1.35. The van der Waals surface area contributed by atoms with Crippen LogP contribution in [0, 0.1) is 6.92 Å². The molecular weight excluding hydrogens is 212 g/mol. The van der Waals surface area contributed by atoms with Crippen LogP contribution in [0.15, 0.2) is 28.8 Å². The van der Waals surface area contributed by atoms with Gasteiger partial charge in [0.1, 0.15) is 0 Å². The largest absolute Gasteiger partial charge is 0.339 e. The van der Waals surface area contributed by atoms with Crippen molar-refractivity contribution in [3.63, 3.8) is 0 Å². The van der Waals surface area contributed by atoms with E-state index in [1.54, 1.807) is 0 Å². The maximum absolute atomic E-state index is 5.59. The van der Waals surface area contributed by atoms with Crippen molar-refractivity contribution in [3.05, 3.63) is 35.7 Å². The Morgan fingerprint density at radius 1 is 1.33 bits per heavy atom. The van der Waals surface area contributed by atoms with Gasteiger partial charge in [-0.15, -0.1) is 11.6 Å².